The average molecular weight is 382 g/mol. The number of hydrogen-bond acceptors (Lipinski definition) is 5. The van der Waals surface area contributed by atoms with Crippen molar-refractivity contribution < 1.29 is 23.2 Å². The Labute approximate surface area is 161 Å². The number of benzene rings is 2. The number of esters is 1. The minimum absolute atomic E-state index is 0.220. The number of amides is 1. The molecule has 1 heterocycles. The van der Waals surface area contributed by atoms with Crippen LogP contribution in [0.15, 0.2) is 59.1 Å². The van der Waals surface area contributed by atoms with Gasteiger partial charge in [0.1, 0.15) is 17.1 Å². The number of halogens is 1. The molecule has 6 nitrogen and oxygen atoms in total. The molecule has 3 rings (SSSR count). The zero-order chi connectivity index (χ0) is 20.1. The second-order valence-electron chi connectivity index (χ2n) is 6.11. The molecule has 7 heteroatoms. The third-order valence-corrected chi connectivity index (χ3v) is 4.15. The van der Waals surface area contributed by atoms with E-state index in [-0.39, 0.29) is 5.56 Å². The van der Waals surface area contributed by atoms with Gasteiger partial charge in [-0.3, -0.25) is 4.79 Å². The predicted molar refractivity (Wildman–Crippen MR) is 100 cm³/mol. The van der Waals surface area contributed by atoms with Gasteiger partial charge in [0, 0.05) is 11.3 Å². The van der Waals surface area contributed by atoms with Crippen LogP contribution in [-0.2, 0) is 16.0 Å². The maximum atomic E-state index is 13.1. The Hall–Kier alpha value is -3.48. The van der Waals surface area contributed by atoms with Crippen LogP contribution < -0.4 is 5.32 Å². The summed E-state index contributed by atoms with van der Waals surface area (Å²) in [4.78, 5) is 25.6. The van der Waals surface area contributed by atoms with Gasteiger partial charge in [-0.05, 0) is 37.6 Å². The Morgan fingerprint density at radius 3 is 2.46 bits per heavy atom. The number of carbonyl (C=O) groups is 2. The van der Waals surface area contributed by atoms with Crippen molar-refractivity contribution >= 4 is 17.6 Å². The quantitative estimate of drug-likeness (QED) is 0.646. The first-order valence-corrected chi connectivity index (χ1v) is 8.77. The topological polar surface area (TPSA) is 81.4 Å². The first-order chi connectivity index (χ1) is 13.5. The summed E-state index contributed by atoms with van der Waals surface area (Å²) >= 11 is 0. The van der Waals surface area contributed by atoms with Crippen molar-refractivity contribution in [2.24, 2.45) is 0 Å². The van der Waals surface area contributed by atoms with Crippen molar-refractivity contribution in [3.8, 4) is 0 Å². The predicted octanol–water partition coefficient (Wildman–Crippen LogP) is 4.22. The Bertz CT molecular complexity index is 968. The first-order valence-electron chi connectivity index (χ1n) is 8.77. The molecule has 0 spiro atoms. The number of aryl methyl sites for hydroxylation is 2. The van der Waals surface area contributed by atoms with Crippen LogP contribution in [0.3, 0.4) is 0 Å². The SMILES string of the molecule is CCc1noc(C)c1C(=O)O[C@H](C(=O)Nc1ccc(F)cc1)c1ccccc1. The van der Waals surface area contributed by atoms with Crippen LogP contribution in [0.25, 0.3) is 0 Å². The van der Waals surface area contributed by atoms with Gasteiger partial charge in [0.2, 0.25) is 6.10 Å². The molecule has 144 valence electrons. The number of anilines is 1. The standard InChI is InChI=1S/C21H19FN2O4/c1-3-17-18(13(2)28-24-17)21(26)27-19(14-7-5-4-6-8-14)20(25)23-16-11-9-15(22)10-12-16/h4-12,19H,3H2,1-2H3,(H,23,25)/t19-/m0/s1. The van der Waals surface area contributed by atoms with Crippen molar-refractivity contribution in [2.75, 3.05) is 5.32 Å². The minimum Gasteiger partial charge on any atom is -0.444 e. The summed E-state index contributed by atoms with van der Waals surface area (Å²) in [6.45, 7) is 3.45. The van der Waals surface area contributed by atoms with E-state index in [1.54, 1.807) is 37.3 Å². The summed E-state index contributed by atoms with van der Waals surface area (Å²) in [6.07, 6.45) is -0.711. The van der Waals surface area contributed by atoms with Gasteiger partial charge in [-0.1, -0.05) is 42.4 Å². The highest BCUT2D eigenvalue weighted by atomic mass is 19.1. The maximum Gasteiger partial charge on any atom is 0.344 e. The van der Waals surface area contributed by atoms with Gasteiger partial charge in [0.25, 0.3) is 5.91 Å². The van der Waals surface area contributed by atoms with Crippen molar-refractivity contribution in [3.63, 3.8) is 0 Å². The molecule has 1 atom stereocenters. The molecule has 0 aliphatic heterocycles. The van der Waals surface area contributed by atoms with E-state index < -0.39 is 23.8 Å². The zero-order valence-corrected chi connectivity index (χ0v) is 15.4. The number of hydrogen-bond donors (Lipinski definition) is 1. The van der Waals surface area contributed by atoms with E-state index in [9.17, 15) is 14.0 Å². The van der Waals surface area contributed by atoms with E-state index in [2.05, 4.69) is 10.5 Å². The Morgan fingerprint density at radius 2 is 1.82 bits per heavy atom. The molecule has 0 aliphatic carbocycles. The lowest BCUT2D eigenvalue weighted by atomic mass is 10.1. The largest absolute Gasteiger partial charge is 0.444 e. The van der Waals surface area contributed by atoms with E-state index >= 15 is 0 Å². The Balaban J connectivity index is 1.87. The summed E-state index contributed by atoms with van der Waals surface area (Å²) in [7, 11) is 0. The van der Waals surface area contributed by atoms with Gasteiger partial charge in [-0.15, -0.1) is 0 Å². The lowest BCUT2D eigenvalue weighted by Crippen LogP contribution is -2.26. The molecular formula is C21H19FN2O4. The molecule has 0 aliphatic rings. The highest BCUT2D eigenvalue weighted by Crippen LogP contribution is 2.24. The van der Waals surface area contributed by atoms with Crippen LogP contribution in [0.5, 0.6) is 0 Å². The van der Waals surface area contributed by atoms with Crippen LogP contribution >= 0.6 is 0 Å². The number of nitrogens with zero attached hydrogens (tertiary/aromatic N) is 1. The van der Waals surface area contributed by atoms with E-state index in [1.807, 2.05) is 6.92 Å². The van der Waals surface area contributed by atoms with Crippen LogP contribution in [0, 0.1) is 12.7 Å². The number of carbonyl (C=O) groups excluding carboxylic acids is 2. The smallest absolute Gasteiger partial charge is 0.344 e. The minimum atomic E-state index is -1.20. The highest BCUT2D eigenvalue weighted by Gasteiger charge is 2.29. The van der Waals surface area contributed by atoms with Crippen molar-refractivity contribution in [3.05, 3.63) is 83.0 Å². The van der Waals surface area contributed by atoms with Gasteiger partial charge in [0.05, 0.1) is 5.69 Å². The molecule has 2 aromatic carbocycles. The molecule has 0 saturated carbocycles. The van der Waals surface area contributed by atoms with Crippen LogP contribution in [0.2, 0.25) is 0 Å². The Kier molecular flexibility index (Phi) is 5.84. The summed E-state index contributed by atoms with van der Waals surface area (Å²) < 4.78 is 23.7. The lowest BCUT2D eigenvalue weighted by molar-refractivity contribution is -0.125. The molecule has 28 heavy (non-hydrogen) atoms. The maximum absolute atomic E-state index is 13.1. The molecular weight excluding hydrogens is 363 g/mol. The summed E-state index contributed by atoms with van der Waals surface area (Å²) in [6, 6.07) is 14.0. The third-order valence-electron chi connectivity index (χ3n) is 4.15. The number of ether oxygens (including phenoxy) is 1. The molecule has 0 saturated heterocycles. The monoisotopic (exact) mass is 382 g/mol. The second-order valence-corrected chi connectivity index (χ2v) is 6.11. The molecule has 0 unspecified atom stereocenters. The van der Waals surface area contributed by atoms with Gasteiger partial charge in [0.15, 0.2) is 0 Å². The van der Waals surface area contributed by atoms with Gasteiger partial charge in [-0.2, -0.15) is 0 Å². The fourth-order valence-electron chi connectivity index (χ4n) is 2.73. The van der Waals surface area contributed by atoms with Crippen molar-refractivity contribution in [2.45, 2.75) is 26.4 Å². The van der Waals surface area contributed by atoms with Crippen molar-refractivity contribution in [1.82, 2.24) is 5.16 Å². The van der Waals surface area contributed by atoms with Gasteiger partial charge < -0.3 is 14.6 Å². The fourth-order valence-corrected chi connectivity index (χ4v) is 2.73. The van der Waals surface area contributed by atoms with Gasteiger partial charge >= 0.3 is 5.97 Å². The molecule has 1 aromatic heterocycles. The van der Waals surface area contributed by atoms with Crippen LogP contribution in [0.4, 0.5) is 10.1 Å². The number of rotatable bonds is 6. The van der Waals surface area contributed by atoms with E-state index in [4.69, 9.17) is 9.26 Å². The molecule has 0 radical (unpaired) electrons. The normalized spacial score (nSPS) is 11.7. The summed E-state index contributed by atoms with van der Waals surface area (Å²) in [5.74, 6) is -1.34. The third kappa shape index (κ3) is 4.25. The second kappa shape index (κ2) is 8.47. The zero-order valence-electron chi connectivity index (χ0n) is 15.4. The van der Waals surface area contributed by atoms with Crippen LogP contribution in [-0.4, -0.2) is 17.0 Å². The molecule has 1 N–H and O–H groups in total. The molecule has 3 aromatic rings. The number of nitrogens with one attached hydrogen (secondary N) is 1. The summed E-state index contributed by atoms with van der Waals surface area (Å²) in [5.41, 5.74) is 1.58. The van der Waals surface area contributed by atoms with E-state index in [0.717, 1.165) is 0 Å². The number of aromatic nitrogens is 1. The molecule has 1 amide bonds. The highest BCUT2D eigenvalue weighted by molar-refractivity contribution is 5.98. The first kappa shape index (κ1) is 19.3. The molecule has 0 fully saturated rings. The average Bonchev–Trinajstić information content (AvgIpc) is 3.09. The fraction of sp³-hybridized carbons (Fsp3) is 0.190. The van der Waals surface area contributed by atoms with Crippen LogP contribution in [0.1, 0.15) is 40.4 Å². The van der Waals surface area contributed by atoms with Crippen molar-refractivity contribution in [1.29, 1.82) is 0 Å². The van der Waals surface area contributed by atoms with E-state index in [0.29, 0.717) is 29.1 Å². The van der Waals surface area contributed by atoms with E-state index in [1.165, 1.54) is 24.3 Å². The lowest BCUT2D eigenvalue weighted by Gasteiger charge is -2.18. The summed E-state index contributed by atoms with van der Waals surface area (Å²) in [5, 5.41) is 6.48. The Morgan fingerprint density at radius 1 is 1.14 bits per heavy atom. The van der Waals surface area contributed by atoms with Gasteiger partial charge in [-0.25, -0.2) is 9.18 Å². The molecule has 0 bridgehead atoms.